The number of thiophene rings is 1. The number of likely N-dealkylation sites (tertiary alicyclic amines) is 2. The fourth-order valence-corrected chi connectivity index (χ4v) is 6.59. The Morgan fingerprint density at radius 3 is 2.35 bits per heavy atom. The molecular formula is C30H43N3O3S. The van der Waals surface area contributed by atoms with Gasteiger partial charge in [-0.2, -0.15) is 0 Å². The van der Waals surface area contributed by atoms with E-state index in [2.05, 4.69) is 61.3 Å². The molecule has 37 heavy (non-hydrogen) atoms. The number of nitrogens with one attached hydrogen (secondary N) is 1. The molecule has 4 rings (SSSR count). The number of hydrogen-bond donors (Lipinski definition) is 1. The quantitative estimate of drug-likeness (QED) is 0.480. The number of ether oxygens (including phenoxy) is 1. The van der Waals surface area contributed by atoms with Crippen LogP contribution in [-0.2, 0) is 11.2 Å². The van der Waals surface area contributed by atoms with Gasteiger partial charge >= 0.3 is 6.09 Å². The van der Waals surface area contributed by atoms with Gasteiger partial charge in [-0.1, -0.05) is 31.2 Å². The lowest BCUT2D eigenvalue weighted by atomic mass is 9.88. The SMILES string of the molecule is CCc1cc(-c2ccc(C3CCN(C(C)C)CC3)cc2)sc1C(=O)N1CC[C@H](NC(=O)OC(C)(C)C)C1. The van der Waals surface area contributed by atoms with Gasteiger partial charge in [0.05, 0.1) is 10.9 Å². The van der Waals surface area contributed by atoms with Crippen LogP contribution in [0.1, 0.15) is 87.5 Å². The van der Waals surface area contributed by atoms with Crippen LogP contribution in [0.5, 0.6) is 0 Å². The lowest BCUT2D eigenvalue weighted by Crippen LogP contribution is -2.41. The van der Waals surface area contributed by atoms with E-state index in [0.29, 0.717) is 25.0 Å². The van der Waals surface area contributed by atoms with Crippen molar-refractivity contribution in [2.24, 2.45) is 0 Å². The third-order valence-electron chi connectivity index (χ3n) is 7.51. The van der Waals surface area contributed by atoms with E-state index in [9.17, 15) is 9.59 Å². The van der Waals surface area contributed by atoms with Crippen molar-refractivity contribution < 1.29 is 14.3 Å². The van der Waals surface area contributed by atoms with E-state index in [1.54, 1.807) is 11.3 Å². The number of aryl methyl sites for hydroxylation is 1. The number of carbonyl (C=O) groups excluding carboxylic acids is 2. The molecule has 0 radical (unpaired) electrons. The van der Waals surface area contributed by atoms with E-state index in [1.165, 1.54) is 37.1 Å². The summed E-state index contributed by atoms with van der Waals surface area (Å²) in [7, 11) is 0. The Hall–Kier alpha value is -2.38. The Labute approximate surface area is 226 Å². The number of hydrogen-bond acceptors (Lipinski definition) is 5. The van der Waals surface area contributed by atoms with E-state index >= 15 is 0 Å². The Balaban J connectivity index is 1.40. The summed E-state index contributed by atoms with van der Waals surface area (Å²) in [5.74, 6) is 0.697. The van der Waals surface area contributed by atoms with Gasteiger partial charge in [-0.05, 0) is 102 Å². The normalized spacial score (nSPS) is 19.4. The van der Waals surface area contributed by atoms with Crippen LogP contribution in [0.4, 0.5) is 4.79 Å². The smallest absolute Gasteiger partial charge is 0.407 e. The maximum atomic E-state index is 13.5. The first-order chi connectivity index (χ1) is 17.5. The molecule has 1 aromatic carbocycles. The maximum Gasteiger partial charge on any atom is 0.407 e. The van der Waals surface area contributed by atoms with Crippen LogP contribution in [0.2, 0.25) is 0 Å². The number of benzene rings is 1. The number of alkyl carbamates (subject to hydrolysis) is 1. The van der Waals surface area contributed by atoms with E-state index in [0.717, 1.165) is 28.2 Å². The molecule has 6 nitrogen and oxygen atoms in total. The summed E-state index contributed by atoms with van der Waals surface area (Å²) < 4.78 is 5.38. The molecule has 0 spiro atoms. The average Bonchev–Trinajstić information content (AvgIpc) is 3.50. The molecule has 0 saturated carbocycles. The highest BCUT2D eigenvalue weighted by molar-refractivity contribution is 7.17. The fourth-order valence-electron chi connectivity index (χ4n) is 5.36. The molecule has 2 fully saturated rings. The minimum Gasteiger partial charge on any atom is -0.444 e. The highest BCUT2D eigenvalue weighted by Crippen LogP contribution is 2.35. The van der Waals surface area contributed by atoms with Gasteiger partial charge in [-0.15, -0.1) is 11.3 Å². The molecule has 0 bridgehead atoms. The van der Waals surface area contributed by atoms with Crippen molar-refractivity contribution >= 4 is 23.3 Å². The molecule has 2 aliphatic heterocycles. The van der Waals surface area contributed by atoms with Crippen molar-refractivity contribution in [2.45, 2.75) is 90.8 Å². The van der Waals surface area contributed by atoms with Crippen molar-refractivity contribution in [3.8, 4) is 10.4 Å². The average molecular weight is 526 g/mol. The van der Waals surface area contributed by atoms with Crippen LogP contribution >= 0.6 is 11.3 Å². The zero-order valence-corrected chi connectivity index (χ0v) is 24.1. The molecule has 2 aliphatic rings. The largest absolute Gasteiger partial charge is 0.444 e. The highest BCUT2D eigenvalue weighted by atomic mass is 32.1. The molecule has 2 aromatic rings. The Morgan fingerprint density at radius 2 is 1.76 bits per heavy atom. The molecule has 1 N–H and O–H groups in total. The second kappa shape index (κ2) is 11.6. The van der Waals surface area contributed by atoms with Gasteiger partial charge in [0.1, 0.15) is 5.60 Å². The zero-order valence-electron chi connectivity index (χ0n) is 23.3. The molecule has 2 saturated heterocycles. The summed E-state index contributed by atoms with van der Waals surface area (Å²) in [6.07, 6.45) is 3.57. The molecule has 0 unspecified atom stereocenters. The van der Waals surface area contributed by atoms with E-state index < -0.39 is 11.7 Å². The van der Waals surface area contributed by atoms with Crippen LogP contribution in [0.15, 0.2) is 30.3 Å². The Bertz CT molecular complexity index is 1080. The zero-order chi connectivity index (χ0) is 26.7. The van der Waals surface area contributed by atoms with Crippen LogP contribution in [0.3, 0.4) is 0 Å². The number of rotatable bonds is 6. The van der Waals surface area contributed by atoms with Gasteiger partial charge in [0.15, 0.2) is 0 Å². The summed E-state index contributed by atoms with van der Waals surface area (Å²) in [6, 6.07) is 11.7. The second-order valence-corrected chi connectivity index (χ2v) is 12.8. The van der Waals surface area contributed by atoms with Crippen molar-refractivity contribution in [3.63, 3.8) is 0 Å². The molecule has 0 aliphatic carbocycles. The number of carbonyl (C=O) groups is 2. The summed E-state index contributed by atoms with van der Waals surface area (Å²) >= 11 is 1.59. The lowest BCUT2D eigenvalue weighted by Gasteiger charge is -2.34. The van der Waals surface area contributed by atoms with E-state index in [4.69, 9.17) is 4.74 Å². The monoisotopic (exact) mass is 525 g/mol. The van der Waals surface area contributed by atoms with Crippen LogP contribution < -0.4 is 5.32 Å². The van der Waals surface area contributed by atoms with Gasteiger partial charge in [-0.25, -0.2) is 4.79 Å². The summed E-state index contributed by atoms with van der Waals surface area (Å²) in [5.41, 5.74) is 3.16. The number of nitrogens with zero attached hydrogens (tertiary/aromatic N) is 2. The molecule has 1 atom stereocenters. The van der Waals surface area contributed by atoms with Gasteiger partial charge in [0, 0.05) is 24.0 Å². The molecule has 2 amide bonds. The molecule has 7 heteroatoms. The predicted molar refractivity (Wildman–Crippen MR) is 151 cm³/mol. The highest BCUT2D eigenvalue weighted by Gasteiger charge is 2.31. The number of amides is 2. The first-order valence-corrected chi connectivity index (χ1v) is 14.6. The molecule has 3 heterocycles. The minimum absolute atomic E-state index is 0.0649. The second-order valence-electron chi connectivity index (χ2n) is 11.7. The van der Waals surface area contributed by atoms with E-state index in [-0.39, 0.29) is 11.9 Å². The van der Waals surface area contributed by atoms with Crippen molar-refractivity contribution in [3.05, 3.63) is 46.3 Å². The van der Waals surface area contributed by atoms with Crippen molar-refractivity contribution in [1.82, 2.24) is 15.1 Å². The van der Waals surface area contributed by atoms with E-state index in [1.807, 2.05) is 25.7 Å². The fraction of sp³-hybridized carbons (Fsp3) is 0.600. The summed E-state index contributed by atoms with van der Waals surface area (Å²) in [6.45, 7) is 15.7. The topological polar surface area (TPSA) is 61.9 Å². The standard InChI is InChI=1S/C30H43N3O3S/c1-7-21-18-26(24-10-8-22(9-11-24)23-12-15-32(16-13-23)20(2)3)37-27(21)28(34)33-17-14-25(19-33)31-29(35)36-30(4,5)6/h8-11,18,20,23,25H,7,12-17,19H2,1-6H3,(H,31,35)/t25-/m0/s1. The van der Waals surface area contributed by atoms with Crippen LogP contribution in [0, 0.1) is 0 Å². The molecular weight excluding hydrogens is 482 g/mol. The van der Waals surface area contributed by atoms with Gasteiger partial charge in [0.2, 0.25) is 0 Å². The predicted octanol–water partition coefficient (Wildman–Crippen LogP) is 6.30. The van der Waals surface area contributed by atoms with Crippen molar-refractivity contribution in [1.29, 1.82) is 0 Å². The number of piperidine rings is 1. The summed E-state index contributed by atoms with van der Waals surface area (Å²) in [4.78, 5) is 32.0. The van der Waals surface area contributed by atoms with Crippen LogP contribution in [0.25, 0.3) is 10.4 Å². The van der Waals surface area contributed by atoms with Gasteiger partial charge in [0.25, 0.3) is 5.91 Å². The third kappa shape index (κ3) is 6.94. The Kier molecular flexibility index (Phi) is 8.64. The van der Waals surface area contributed by atoms with Gasteiger partial charge in [-0.3, -0.25) is 4.79 Å². The minimum atomic E-state index is -0.537. The van der Waals surface area contributed by atoms with Gasteiger partial charge < -0.3 is 19.9 Å². The summed E-state index contributed by atoms with van der Waals surface area (Å²) in [5, 5.41) is 2.92. The van der Waals surface area contributed by atoms with Crippen molar-refractivity contribution in [2.75, 3.05) is 26.2 Å². The van der Waals surface area contributed by atoms with Crippen LogP contribution in [-0.4, -0.2) is 65.7 Å². The third-order valence-corrected chi connectivity index (χ3v) is 8.72. The first-order valence-electron chi connectivity index (χ1n) is 13.8. The molecule has 1 aromatic heterocycles. The maximum absolute atomic E-state index is 13.5. The lowest BCUT2D eigenvalue weighted by molar-refractivity contribution is 0.0502. The molecule has 202 valence electrons. The Morgan fingerprint density at radius 1 is 1.08 bits per heavy atom. The first kappa shape index (κ1) is 27.6.